The molecule has 24 heavy (non-hydrogen) atoms. The van der Waals surface area contributed by atoms with E-state index in [9.17, 15) is 13.6 Å². The minimum atomic E-state index is -0.696. The van der Waals surface area contributed by atoms with Gasteiger partial charge in [0, 0.05) is 30.8 Å². The Hall–Kier alpha value is -3.09. The average molecular weight is 326 g/mol. The second-order valence-corrected chi connectivity index (χ2v) is 5.57. The topological polar surface area (TPSA) is 59.8 Å². The number of pyridine rings is 1. The number of imidazole rings is 1. The van der Waals surface area contributed by atoms with E-state index in [0.29, 0.717) is 11.5 Å². The Morgan fingerprint density at radius 1 is 1.21 bits per heavy atom. The fourth-order valence-electron chi connectivity index (χ4n) is 2.94. The third-order valence-electron chi connectivity index (χ3n) is 3.99. The van der Waals surface area contributed by atoms with Crippen molar-refractivity contribution in [2.24, 2.45) is 0 Å². The third-order valence-corrected chi connectivity index (χ3v) is 3.99. The largest absolute Gasteiger partial charge is 0.310 e. The van der Waals surface area contributed by atoms with Gasteiger partial charge < -0.3 is 5.32 Å². The van der Waals surface area contributed by atoms with Crippen LogP contribution in [0.5, 0.6) is 0 Å². The maximum absolute atomic E-state index is 13.5. The number of anilines is 1. The number of amides is 1. The predicted molar refractivity (Wildman–Crippen MR) is 82.8 cm³/mol. The van der Waals surface area contributed by atoms with E-state index in [4.69, 9.17) is 0 Å². The van der Waals surface area contributed by atoms with Crippen molar-refractivity contribution in [3.05, 3.63) is 71.9 Å². The van der Waals surface area contributed by atoms with Gasteiger partial charge in [-0.1, -0.05) is 6.07 Å². The summed E-state index contributed by atoms with van der Waals surface area (Å²) in [7, 11) is 0. The van der Waals surface area contributed by atoms with Gasteiger partial charge in [0.2, 0.25) is 5.91 Å². The number of halogens is 2. The molecular weight excluding hydrogens is 314 g/mol. The highest BCUT2D eigenvalue weighted by atomic mass is 19.1. The minimum Gasteiger partial charge on any atom is -0.310 e. The first-order valence-corrected chi connectivity index (χ1v) is 7.35. The van der Waals surface area contributed by atoms with Gasteiger partial charge in [-0.05, 0) is 23.8 Å². The zero-order valence-electron chi connectivity index (χ0n) is 12.4. The molecule has 0 fully saturated rings. The molecule has 0 spiro atoms. The van der Waals surface area contributed by atoms with Crippen molar-refractivity contribution in [2.75, 3.05) is 5.32 Å². The van der Waals surface area contributed by atoms with Crippen LogP contribution in [-0.2, 0) is 4.79 Å². The van der Waals surface area contributed by atoms with Crippen molar-refractivity contribution in [3.63, 3.8) is 0 Å². The first kappa shape index (κ1) is 14.5. The third kappa shape index (κ3) is 2.44. The van der Waals surface area contributed by atoms with Gasteiger partial charge in [0.15, 0.2) is 0 Å². The molecule has 7 heteroatoms. The number of hydrogen-bond acceptors (Lipinski definition) is 3. The predicted octanol–water partition coefficient (Wildman–Crippen LogP) is 3.02. The van der Waals surface area contributed by atoms with Crippen molar-refractivity contribution in [1.29, 1.82) is 0 Å². The van der Waals surface area contributed by atoms with Crippen LogP contribution in [0.2, 0.25) is 0 Å². The van der Waals surface area contributed by atoms with Crippen molar-refractivity contribution in [2.45, 2.75) is 12.3 Å². The Kier molecular flexibility index (Phi) is 3.34. The monoisotopic (exact) mass is 326 g/mol. The van der Waals surface area contributed by atoms with Crippen LogP contribution >= 0.6 is 0 Å². The maximum atomic E-state index is 13.5. The molecule has 5 nitrogen and oxygen atoms in total. The lowest BCUT2D eigenvalue weighted by atomic mass is 9.91. The van der Waals surface area contributed by atoms with Crippen LogP contribution in [0.4, 0.5) is 14.6 Å². The van der Waals surface area contributed by atoms with Crippen LogP contribution in [0, 0.1) is 11.6 Å². The first-order chi connectivity index (χ1) is 11.6. The summed E-state index contributed by atoms with van der Waals surface area (Å²) < 4.78 is 28.5. The molecule has 1 atom stereocenters. The summed E-state index contributed by atoms with van der Waals surface area (Å²) in [6.07, 6.45) is 5.04. The Morgan fingerprint density at radius 2 is 2.00 bits per heavy atom. The van der Waals surface area contributed by atoms with Gasteiger partial charge in [-0.25, -0.2) is 13.8 Å². The Labute approximate surface area is 136 Å². The summed E-state index contributed by atoms with van der Waals surface area (Å²) in [4.78, 5) is 20.5. The summed E-state index contributed by atoms with van der Waals surface area (Å²) in [5.74, 6) is -1.40. The highest BCUT2D eigenvalue weighted by Crippen LogP contribution is 2.37. The van der Waals surface area contributed by atoms with E-state index < -0.39 is 11.6 Å². The molecule has 1 aliphatic rings. The number of fused-ring (bicyclic) bond motifs is 1. The van der Waals surface area contributed by atoms with E-state index in [1.54, 1.807) is 18.5 Å². The quantitative estimate of drug-likeness (QED) is 0.787. The average Bonchev–Trinajstić information content (AvgIpc) is 2.97. The van der Waals surface area contributed by atoms with E-state index >= 15 is 0 Å². The first-order valence-electron chi connectivity index (χ1n) is 7.35. The zero-order valence-corrected chi connectivity index (χ0v) is 12.4. The fourth-order valence-corrected chi connectivity index (χ4v) is 2.94. The molecule has 1 amide bonds. The molecule has 0 saturated carbocycles. The SMILES string of the molecule is O=C1C[C@H](c2cccnc2)c2ncn(-c3cc(F)cc(F)c3)c2N1. The Balaban J connectivity index is 1.84. The van der Waals surface area contributed by atoms with Gasteiger partial charge in [-0.2, -0.15) is 0 Å². The molecule has 1 N–H and O–H groups in total. The number of hydrogen-bond donors (Lipinski definition) is 1. The Morgan fingerprint density at radius 3 is 2.71 bits per heavy atom. The highest BCUT2D eigenvalue weighted by molar-refractivity contribution is 5.94. The molecule has 4 rings (SSSR count). The normalized spacial score (nSPS) is 16.6. The molecule has 3 aromatic rings. The number of nitrogens with one attached hydrogen (secondary N) is 1. The summed E-state index contributed by atoms with van der Waals surface area (Å²) in [6, 6.07) is 6.83. The van der Waals surface area contributed by atoms with E-state index in [1.165, 1.54) is 23.0 Å². The van der Waals surface area contributed by atoms with Crippen LogP contribution in [0.25, 0.3) is 5.69 Å². The summed E-state index contributed by atoms with van der Waals surface area (Å²) in [5, 5.41) is 2.74. The summed E-state index contributed by atoms with van der Waals surface area (Å²) in [6.45, 7) is 0. The molecule has 2 aromatic heterocycles. The molecule has 0 unspecified atom stereocenters. The number of rotatable bonds is 2. The summed E-state index contributed by atoms with van der Waals surface area (Å²) in [5.41, 5.74) is 1.77. The van der Waals surface area contributed by atoms with Gasteiger partial charge >= 0.3 is 0 Å². The molecular formula is C17H12F2N4O. The number of aromatic nitrogens is 3. The lowest BCUT2D eigenvalue weighted by molar-refractivity contribution is -0.116. The molecule has 1 aromatic carbocycles. The molecule has 120 valence electrons. The summed E-state index contributed by atoms with van der Waals surface area (Å²) >= 11 is 0. The van der Waals surface area contributed by atoms with Crippen LogP contribution < -0.4 is 5.32 Å². The van der Waals surface area contributed by atoms with E-state index in [0.717, 1.165) is 11.6 Å². The molecule has 3 heterocycles. The van der Waals surface area contributed by atoms with Crippen molar-refractivity contribution in [3.8, 4) is 5.69 Å². The van der Waals surface area contributed by atoms with E-state index in [-0.39, 0.29) is 23.9 Å². The van der Waals surface area contributed by atoms with Crippen LogP contribution in [0.3, 0.4) is 0 Å². The molecule has 1 aliphatic heterocycles. The second kappa shape index (κ2) is 5.52. The van der Waals surface area contributed by atoms with Gasteiger partial charge in [0.1, 0.15) is 23.8 Å². The van der Waals surface area contributed by atoms with Crippen molar-refractivity contribution in [1.82, 2.24) is 14.5 Å². The standard InChI is InChI=1S/C17H12F2N4O/c18-11-4-12(19)6-13(5-11)23-9-21-16-14(7-15(24)22-17(16)23)10-2-1-3-20-8-10/h1-6,8-9,14H,7H2,(H,22,24)/t14-/m1/s1. The number of carbonyl (C=O) groups excluding carboxylic acids is 1. The number of nitrogens with zero attached hydrogens (tertiary/aromatic N) is 3. The molecule has 0 bridgehead atoms. The van der Waals surface area contributed by atoms with Crippen LogP contribution in [-0.4, -0.2) is 20.4 Å². The van der Waals surface area contributed by atoms with E-state index in [2.05, 4.69) is 15.3 Å². The smallest absolute Gasteiger partial charge is 0.226 e. The molecule has 0 radical (unpaired) electrons. The van der Waals surface area contributed by atoms with Gasteiger partial charge in [0.05, 0.1) is 11.4 Å². The zero-order chi connectivity index (χ0) is 16.7. The van der Waals surface area contributed by atoms with E-state index in [1.807, 2.05) is 6.07 Å². The highest BCUT2D eigenvalue weighted by Gasteiger charge is 2.31. The minimum absolute atomic E-state index is 0.185. The van der Waals surface area contributed by atoms with Gasteiger partial charge in [-0.3, -0.25) is 14.3 Å². The Bertz CT molecular complexity index is 903. The molecule has 0 aliphatic carbocycles. The number of benzene rings is 1. The van der Waals surface area contributed by atoms with Crippen LogP contribution in [0.15, 0.2) is 49.1 Å². The van der Waals surface area contributed by atoms with Gasteiger partial charge in [-0.15, -0.1) is 0 Å². The number of carbonyl (C=O) groups is 1. The lowest BCUT2D eigenvalue weighted by Gasteiger charge is -2.23. The van der Waals surface area contributed by atoms with Crippen LogP contribution in [0.1, 0.15) is 23.6 Å². The van der Waals surface area contributed by atoms with Crippen molar-refractivity contribution < 1.29 is 13.6 Å². The molecule has 0 saturated heterocycles. The maximum Gasteiger partial charge on any atom is 0.226 e. The fraction of sp³-hybridized carbons (Fsp3) is 0.118. The van der Waals surface area contributed by atoms with Crippen molar-refractivity contribution >= 4 is 11.7 Å². The second-order valence-electron chi connectivity index (χ2n) is 5.57. The van der Waals surface area contributed by atoms with Gasteiger partial charge in [0.25, 0.3) is 0 Å². The lowest BCUT2D eigenvalue weighted by Crippen LogP contribution is -2.25.